The number of hydrogen-bond acceptors (Lipinski definition) is 4. The van der Waals surface area contributed by atoms with Crippen LogP contribution in [0.1, 0.15) is 32.6 Å². The van der Waals surface area contributed by atoms with Crippen molar-refractivity contribution in [1.82, 2.24) is 5.32 Å². The minimum Gasteiger partial charge on any atom is -0.453 e. The number of carbonyl (C=O) groups excluding carboxylic acids is 3. The van der Waals surface area contributed by atoms with E-state index in [9.17, 15) is 18.8 Å². The van der Waals surface area contributed by atoms with E-state index < -0.39 is 29.8 Å². The molecule has 1 aromatic carbocycles. The van der Waals surface area contributed by atoms with Crippen LogP contribution in [0.15, 0.2) is 18.2 Å². The summed E-state index contributed by atoms with van der Waals surface area (Å²) in [5, 5.41) is 4.99. The lowest BCUT2D eigenvalue weighted by atomic mass is 10.2. The van der Waals surface area contributed by atoms with Crippen LogP contribution in [0, 0.1) is 5.82 Å². The topological polar surface area (TPSA) is 111 Å². The Labute approximate surface area is 150 Å². The van der Waals surface area contributed by atoms with Gasteiger partial charge in [0, 0.05) is 18.0 Å². The molecular weight excluding hydrogens is 353 g/mol. The average Bonchev–Trinajstić information content (AvgIpc) is 2.52. The van der Waals surface area contributed by atoms with Gasteiger partial charge in [-0.2, -0.15) is 0 Å². The van der Waals surface area contributed by atoms with Gasteiger partial charge in [0.2, 0.25) is 0 Å². The van der Waals surface area contributed by atoms with Crippen LogP contribution >= 0.6 is 11.6 Å². The molecule has 0 bridgehead atoms. The highest BCUT2D eigenvalue weighted by molar-refractivity contribution is 6.30. The average molecular weight is 374 g/mol. The molecule has 0 heterocycles. The van der Waals surface area contributed by atoms with E-state index in [2.05, 4.69) is 10.6 Å². The monoisotopic (exact) mass is 373 g/mol. The first-order valence-corrected chi connectivity index (χ1v) is 8.16. The maximum absolute atomic E-state index is 13.6. The summed E-state index contributed by atoms with van der Waals surface area (Å²) in [6.45, 7) is 1.84. The second kappa shape index (κ2) is 10.5. The number of anilines is 1. The number of nitrogens with two attached hydrogens (primary N) is 1. The van der Waals surface area contributed by atoms with Crippen LogP contribution < -0.4 is 16.4 Å². The molecular formula is C16H21ClFN3O4. The Hall–Kier alpha value is -2.35. The predicted octanol–water partition coefficient (Wildman–Crippen LogP) is 2.58. The normalized spacial score (nSPS) is 11.5. The highest BCUT2D eigenvalue weighted by Gasteiger charge is 2.19. The molecule has 0 aromatic heterocycles. The molecule has 4 N–H and O–H groups in total. The van der Waals surface area contributed by atoms with E-state index in [0.717, 1.165) is 6.07 Å². The van der Waals surface area contributed by atoms with Crippen LogP contribution in [0.3, 0.4) is 0 Å². The SMILES string of the molecule is C[C@H](OC(=O)CCCCCNC(N)=O)C(=O)Nc1ccc(Cl)cc1F. The summed E-state index contributed by atoms with van der Waals surface area (Å²) in [4.78, 5) is 34.1. The van der Waals surface area contributed by atoms with Gasteiger partial charge in [0.05, 0.1) is 5.69 Å². The van der Waals surface area contributed by atoms with Crippen molar-refractivity contribution in [1.29, 1.82) is 0 Å². The molecule has 0 fully saturated rings. The van der Waals surface area contributed by atoms with Gasteiger partial charge in [0.25, 0.3) is 5.91 Å². The molecule has 0 radical (unpaired) electrons. The van der Waals surface area contributed by atoms with Crippen molar-refractivity contribution >= 4 is 35.2 Å². The van der Waals surface area contributed by atoms with Gasteiger partial charge in [0.1, 0.15) is 5.82 Å². The number of hydrogen-bond donors (Lipinski definition) is 3. The molecule has 1 rings (SSSR count). The van der Waals surface area contributed by atoms with Crippen LogP contribution in [0.5, 0.6) is 0 Å². The molecule has 0 unspecified atom stereocenters. The summed E-state index contributed by atoms with van der Waals surface area (Å²) in [5.74, 6) is -1.84. The summed E-state index contributed by atoms with van der Waals surface area (Å²) < 4.78 is 18.6. The third kappa shape index (κ3) is 8.35. The van der Waals surface area contributed by atoms with E-state index in [1.807, 2.05) is 0 Å². The van der Waals surface area contributed by atoms with Crippen molar-refractivity contribution in [2.45, 2.75) is 38.7 Å². The van der Waals surface area contributed by atoms with Gasteiger partial charge in [0.15, 0.2) is 6.10 Å². The van der Waals surface area contributed by atoms with Gasteiger partial charge in [-0.3, -0.25) is 9.59 Å². The van der Waals surface area contributed by atoms with Gasteiger partial charge in [-0.15, -0.1) is 0 Å². The van der Waals surface area contributed by atoms with Crippen LogP contribution in [0.2, 0.25) is 5.02 Å². The fourth-order valence-electron chi connectivity index (χ4n) is 1.92. The van der Waals surface area contributed by atoms with Crippen molar-refractivity contribution in [3.05, 3.63) is 29.0 Å². The third-order valence-electron chi connectivity index (χ3n) is 3.22. The van der Waals surface area contributed by atoms with Crippen LogP contribution in [-0.4, -0.2) is 30.6 Å². The van der Waals surface area contributed by atoms with Crippen molar-refractivity contribution in [3.63, 3.8) is 0 Å². The summed E-state index contributed by atoms with van der Waals surface area (Å²) >= 11 is 5.63. The number of primary amides is 1. The number of carbonyl (C=O) groups is 3. The van der Waals surface area contributed by atoms with Crippen LogP contribution in [-0.2, 0) is 14.3 Å². The molecule has 0 spiro atoms. The van der Waals surface area contributed by atoms with Crippen molar-refractivity contribution < 1.29 is 23.5 Å². The molecule has 1 atom stereocenters. The Bertz CT molecular complexity index is 627. The first kappa shape index (κ1) is 20.7. The smallest absolute Gasteiger partial charge is 0.312 e. The first-order chi connectivity index (χ1) is 11.8. The van der Waals surface area contributed by atoms with Crippen molar-refractivity contribution in [3.8, 4) is 0 Å². The third-order valence-corrected chi connectivity index (χ3v) is 3.46. The maximum atomic E-state index is 13.6. The Morgan fingerprint density at radius 1 is 1.28 bits per heavy atom. The fourth-order valence-corrected chi connectivity index (χ4v) is 2.08. The Balaban J connectivity index is 2.29. The van der Waals surface area contributed by atoms with Crippen molar-refractivity contribution in [2.75, 3.05) is 11.9 Å². The molecule has 0 aliphatic carbocycles. The Kier molecular flexibility index (Phi) is 8.69. The number of urea groups is 1. The van der Waals surface area contributed by atoms with Gasteiger partial charge in [-0.05, 0) is 38.0 Å². The first-order valence-electron chi connectivity index (χ1n) is 7.78. The molecule has 3 amide bonds. The number of nitrogens with one attached hydrogen (secondary N) is 2. The number of amides is 3. The molecule has 7 nitrogen and oxygen atoms in total. The van der Waals surface area contributed by atoms with Gasteiger partial charge >= 0.3 is 12.0 Å². The minimum atomic E-state index is -1.06. The number of halogens is 2. The largest absolute Gasteiger partial charge is 0.453 e. The number of unbranched alkanes of at least 4 members (excludes halogenated alkanes) is 2. The molecule has 0 saturated heterocycles. The lowest BCUT2D eigenvalue weighted by molar-refractivity contribution is -0.153. The number of benzene rings is 1. The summed E-state index contributed by atoms with van der Waals surface area (Å²) in [6, 6.07) is 3.24. The summed E-state index contributed by atoms with van der Waals surface area (Å²) in [6.07, 6.45) is 1.02. The summed E-state index contributed by atoms with van der Waals surface area (Å²) in [5.41, 5.74) is 4.88. The molecule has 25 heavy (non-hydrogen) atoms. The van der Waals surface area contributed by atoms with Crippen LogP contribution in [0.4, 0.5) is 14.9 Å². The zero-order valence-electron chi connectivity index (χ0n) is 13.8. The van der Waals surface area contributed by atoms with Gasteiger partial charge < -0.3 is 21.1 Å². The van der Waals surface area contributed by atoms with E-state index in [-0.39, 0.29) is 17.1 Å². The lowest BCUT2D eigenvalue weighted by Crippen LogP contribution is -2.30. The number of esters is 1. The van der Waals surface area contributed by atoms with E-state index in [1.54, 1.807) is 0 Å². The second-order valence-corrected chi connectivity index (χ2v) is 5.78. The standard InChI is InChI=1S/C16H21ClFN3O4/c1-10(15(23)21-13-7-6-11(17)9-12(13)18)25-14(22)5-3-2-4-8-20-16(19)24/h6-7,9-10H,2-5,8H2,1H3,(H,21,23)(H3,19,20,24)/t10-/m0/s1. The van der Waals surface area contributed by atoms with Crippen LogP contribution in [0.25, 0.3) is 0 Å². The maximum Gasteiger partial charge on any atom is 0.312 e. The molecule has 0 saturated carbocycles. The molecule has 0 aliphatic heterocycles. The fraction of sp³-hybridized carbons (Fsp3) is 0.438. The quantitative estimate of drug-likeness (QED) is 0.456. The lowest BCUT2D eigenvalue weighted by Gasteiger charge is -2.14. The number of ether oxygens (including phenoxy) is 1. The van der Waals surface area contributed by atoms with Gasteiger partial charge in [-0.25, -0.2) is 9.18 Å². The highest BCUT2D eigenvalue weighted by atomic mass is 35.5. The van der Waals surface area contributed by atoms with E-state index >= 15 is 0 Å². The zero-order valence-corrected chi connectivity index (χ0v) is 14.6. The van der Waals surface area contributed by atoms with E-state index in [4.69, 9.17) is 22.1 Å². The highest BCUT2D eigenvalue weighted by Crippen LogP contribution is 2.19. The van der Waals surface area contributed by atoms with Gasteiger partial charge in [-0.1, -0.05) is 18.0 Å². The minimum absolute atomic E-state index is 0.0424. The zero-order chi connectivity index (χ0) is 18.8. The van der Waals surface area contributed by atoms with E-state index in [1.165, 1.54) is 19.1 Å². The van der Waals surface area contributed by atoms with E-state index in [0.29, 0.717) is 25.8 Å². The Morgan fingerprint density at radius 3 is 2.64 bits per heavy atom. The summed E-state index contributed by atoms with van der Waals surface area (Å²) in [7, 11) is 0. The molecule has 138 valence electrons. The Morgan fingerprint density at radius 2 is 2.00 bits per heavy atom. The predicted molar refractivity (Wildman–Crippen MR) is 91.6 cm³/mol. The van der Waals surface area contributed by atoms with Crippen molar-refractivity contribution in [2.24, 2.45) is 5.73 Å². The second-order valence-electron chi connectivity index (χ2n) is 5.35. The molecule has 0 aliphatic rings. The number of rotatable bonds is 9. The molecule has 1 aromatic rings. The molecule has 9 heteroatoms.